The summed E-state index contributed by atoms with van der Waals surface area (Å²) in [5.74, 6) is -0.0350. The van der Waals surface area contributed by atoms with Gasteiger partial charge in [0.25, 0.3) is 0 Å². The highest BCUT2D eigenvalue weighted by molar-refractivity contribution is 6.32. The molecule has 2 aromatic rings. The summed E-state index contributed by atoms with van der Waals surface area (Å²) < 4.78 is 0. The van der Waals surface area contributed by atoms with E-state index >= 15 is 0 Å². The number of para-hydroxylation sites is 2. The third kappa shape index (κ3) is 3.43. The van der Waals surface area contributed by atoms with Gasteiger partial charge in [-0.25, -0.2) is 9.97 Å². The third-order valence-electron chi connectivity index (χ3n) is 2.98. The number of anilines is 1. The zero-order valence-electron chi connectivity index (χ0n) is 11.3. The van der Waals surface area contributed by atoms with Crippen molar-refractivity contribution in [3.05, 3.63) is 29.4 Å². The molecule has 0 aliphatic rings. The monoisotopic (exact) mass is 292 g/mol. The van der Waals surface area contributed by atoms with E-state index in [1.54, 1.807) is 0 Å². The van der Waals surface area contributed by atoms with E-state index in [9.17, 15) is 4.79 Å². The summed E-state index contributed by atoms with van der Waals surface area (Å²) in [6.45, 7) is 2.05. The Balaban J connectivity index is 2.16. The fourth-order valence-electron chi connectivity index (χ4n) is 1.82. The van der Waals surface area contributed by atoms with Gasteiger partial charge < -0.3 is 11.1 Å². The number of rotatable bonds is 5. The topological polar surface area (TPSA) is 80.9 Å². The van der Waals surface area contributed by atoms with Crippen LogP contribution in [0.5, 0.6) is 0 Å². The molecule has 0 aliphatic carbocycles. The van der Waals surface area contributed by atoms with Gasteiger partial charge in [-0.3, -0.25) is 4.79 Å². The number of aromatic nitrogens is 2. The van der Waals surface area contributed by atoms with Crippen molar-refractivity contribution in [2.24, 2.45) is 5.73 Å². The summed E-state index contributed by atoms with van der Waals surface area (Å²) >= 11 is 6.03. The van der Waals surface area contributed by atoms with Crippen molar-refractivity contribution >= 4 is 34.4 Å². The van der Waals surface area contributed by atoms with E-state index in [2.05, 4.69) is 22.2 Å². The van der Waals surface area contributed by atoms with Crippen LogP contribution in [0, 0.1) is 0 Å². The number of unbranched alkanes of at least 4 members (excludes halogenated alkanes) is 1. The molecular formula is C14H17ClN4O. The first-order valence-electron chi connectivity index (χ1n) is 6.60. The minimum atomic E-state index is -0.556. The number of carbonyl (C=O) groups is 1. The van der Waals surface area contributed by atoms with Crippen molar-refractivity contribution < 1.29 is 4.79 Å². The van der Waals surface area contributed by atoms with Crippen LogP contribution in [-0.4, -0.2) is 21.9 Å². The molecule has 1 unspecified atom stereocenters. The van der Waals surface area contributed by atoms with Crippen LogP contribution in [0.1, 0.15) is 26.2 Å². The maximum absolute atomic E-state index is 11.9. The van der Waals surface area contributed by atoms with Crippen LogP contribution in [-0.2, 0) is 4.79 Å². The van der Waals surface area contributed by atoms with Crippen LogP contribution >= 0.6 is 11.6 Å². The number of nitrogens with zero attached hydrogens (tertiary/aromatic N) is 2. The molecule has 1 aromatic carbocycles. The number of nitrogens with one attached hydrogen (secondary N) is 1. The number of carbonyl (C=O) groups excluding carboxylic acids is 1. The van der Waals surface area contributed by atoms with Gasteiger partial charge in [-0.1, -0.05) is 43.5 Å². The van der Waals surface area contributed by atoms with Crippen molar-refractivity contribution in [1.82, 2.24) is 9.97 Å². The van der Waals surface area contributed by atoms with Gasteiger partial charge in [0, 0.05) is 0 Å². The normalized spacial score (nSPS) is 12.3. The van der Waals surface area contributed by atoms with Crippen LogP contribution in [0.25, 0.3) is 11.0 Å². The number of benzene rings is 1. The van der Waals surface area contributed by atoms with Crippen molar-refractivity contribution in [3.8, 4) is 0 Å². The molecule has 6 heteroatoms. The summed E-state index contributed by atoms with van der Waals surface area (Å²) in [6, 6.07) is 6.77. The van der Waals surface area contributed by atoms with E-state index in [0.717, 1.165) is 12.8 Å². The molecule has 0 fully saturated rings. The van der Waals surface area contributed by atoms with E-state index in [1.807, 2.05) is 24.3 Å². The molecule has 1 heterocycles. The van der Waals surface area contributed by atoms with Gasteiger partial charge >= 0.3 is 0 Å². The first kappa shape index (κ1) is 14.7. The summed E-state index contributed by atoms with van der Waals surface area (Å²) in [5, 5.41) is 2.81. The quantitative estimate of drug-likeness (QED) is 0.888. The van der Waals surface area contributed by atoms with Crippen LogP contribution in [0.4, 0.5) is 5.82 Å². The molecule has 2 rings (SSSR count). The fraction of sp³-hybridized carbons (Fsp3) is 0.357. The molecule has 106 valence electrons. The molecule has 1 amide bonds. The van der Waals surface area contributed by atoms with Gasteiger partial charge in [0.15, 0.2) is 11.0 Å². The standard InChI is InChI=1S/C14H17ClN4O/c1-2-3-6-9(16)14(20)19-13-12(15)17-10-7-4-5-8-11(10)18-13/h4-5,7-9H,2-3,6,16H2,1H3,(H,18,19,20). The zero-order valence-corrected chi connectivity index (χ0v) is 12.0. The predicted molar refractivity (Wildman–Crippen MR) is 80.7 cm³/mol. The van der Waals surface area contributed by atoms with Gasteiger partial charge in [0.2, 0.25) is 5.91 Å². The lowest BCUT2D eigenvalue weighted by Crippen LogP contribution is -2.35. The first-order valence-corrected chi connectivity index (χ1v) is 6.98. The molecule has 1 atom stereocenters. The molecule has 3 N–H and O–H groups in total. The Bertz CT molecular complexity index is 617. The number of halogens is 1. The van der Waals surface area contributed by atoms with Crippen molar-refractivity contribution in [1.29, 1.82) is 0 Å². The van der Waals surface area contributed by atoms with E-state index in [4.69, 9.17) is 17.3 Å². The highest BCUT2D eigenvalue weighted by Crippen LogP contribution is 2.21. The second-order valence-electron chi connectivity index (χ2n) is 4.59. The summed E-state index contributed by atoms with van der Waals surface area (Å²) in [5.41, 5.74) is 7.17. The van der Waals surface area contributed by atoms with Crippen LogP contribution in [0.2, 0.25) is 5.15 Å². The number of hydrogen-bond acceptors (Lipinski definition) is 4. The lowest BCUT2D eigenvalue weighted by Gasteiger charge is -2.12. The molecule has 0 bridgehead atoms. The minimum Gasteiger partial charge on any atom is -0.320 e. The molecule has 0 radical (unpaired) electrons. The first-order chi connectivity index (χ1) is 9.61. The van der Waals surface area contributed by atoms with Gasteiger partial charge in [-0.15, -0.1) is 0 Å². The molecule has 0 spiro atoms. The Labute approximate surface area is 122 Å². The van der Waals surface area contributed by atoms with E-state index < -0.39 is 6.04 Å². The molecule has 0 saturated heterocycles. The molecule has 0 saturated carbocycles. The molecule has 1 aromatic heterocycles. The van der Waals surface area contributed by atoms with Crippen LogP contribution in [0.15, 0.2) is 24.3 Å². The van der Waals surface area contributed by atoms with Crippen LogP contribution < -0.4 is 11.1 Å². The Kier molecular flexibility index (Phi) is 4.87. The highest BCUT2D eigenvalue weighted by atomic mass is 35.5. The van der Waals surface area contributed by atoms with Gasteiger partial charge in [-0.2, -0.15) is 0 Å². The molecule has 5 nitrogen and oxygen atoms in total. The molecule has 20 heavy (non-hydrogen) atoms. The third-order valence-corrected chi connectivity index (χ3v) is 3.24. The summed E-state index contributed by atoms with van der Waals surface area (Å²) in [4.78, 5) is 20.4. The fourth-order valence-corrected chi connectivity index (χ4v) is 2.00. The Morgan fingerprint density at radius 2 is 2.00 bits per heavy atom. The van der Waals surface area contributed by atoms with Crippen LogP contribution in [0.3, 0.4) is 0 Å². The zero-order chi connectivity index (χ0) is 14.5. The number of fused-ring (bicyclic) bond motifs is 1. The summed E-state index contributed by atoms with van der Waals surface area (Å²) in [6.07, 6.45) is 2.55. The minimum absolute atomic E-state index is 0.166. The maximum Gasteiger partial charge on any atom is 0.242 e. The SMILES string of the molecule is CCCCC(N)C(=O)Nc1nc2ccccc2nc1Cl. The Hall–Kier alpha value is -1.72. The largest absolute Gasteiger partial charge is 0.320 e. The van der Waals surface area contributed by atoms with Crippen molar-refractivity contribution in [2.75, 3.05) is 5.32 Å². The summed E-state index contributed by atoms with van der Waals surface area (Å²) in [7, 11) is 0. The van der Waals surface area contributed by atoms with E-state index in [1.165, 1.54) is 0 Å². The predicted octanol–water partition coefficient (Wildman–Crippen LogP) is 2.74. The maximum atomic E-state index is 11.9. The number of hydrogen-bond donors (Lipinski definition) is 2. The number of nitrogens with two attached hydrogens (primary N) is 1. The van der Waals surface area contributed by atoms with E-state index in [0.29, 0.717) is 17.5 Å². The Morgan fingerprint density at radius 3 is 2.65 bits per heavy atom. The average Bonchev–Trinajstić information content (AvgIpc) is 2.45. The van der Waals surface area contributed by atoms with Gasteiger partial charge in [0.1, 0.15) is 0 Å². The van der Waals surface area contributed by atoms with E-state index in [-0.39, 0.29) is 16.9 Å². The van der Waals surface area contributed by atoms with Crippen molar-refractivity contribution in [2.45, 2.75) is 32.2 Å². The number of amides is 1. The Morgan fingerprint density at radius 1 is 1.35 bits per heavy atom. The lowest BCUT2D eigenvalue weighted by atomic mass is 10.1. The highest BCUT2D eigenvalue weighted by Gasteiger charge is 2.16. The van der Waals surface area contributed by atoms with Crippen molar-refractivity contribution in [3.63, 3.8) is 0 Å². The lowest BCUT2D eigenvalue weighted by molar-refractivity contribution is -0.117. The molecular weight excluding hydrogens is 276 g/mol. The van der Waals surface area contributed by atoms with Gasteiger partial charge in [0.05, 0.1) is 17.1 Å². The second kappa shape index (κ2) is 6.63. The average molecular weight is 293 g/mol. The van der Waals surface area contributed by atoms with Gasteiger partial charge in [-0.05, 0) is 18.6 Å². The molecule has 0 aliphatic heterocycles. The smallest absolute Gasteiger partial charge is 0.242 e. The second-order valence-corrected chi connectivity index (χ2v) is 4.95.